The highest BCUT2D eigenvalue weighted by molar-refractivity contribution is 7.12. The highest BCUT2D eigenvalue weighted by Crippen LogP contribution is 2.39. The maximum absolute atomic E-state index is 5.02. The van der Waals surface area contributed by atoms with Crippen LogP contribution < -0.4 is 5.32 Å². The van der Waals surface area contributed by atoms with Crippen molar-refractivity contribution in [1.29, 1.82) is 0 Å². The molecule has 1 fully saturated rings. The number of hydrogen-bond donors (Lipinski definition) is 1. The molecule has 1 aliphatic heterocycles. The van der Waals surface area contributed by atoms with E-state index in [1.54, 1.807) is 4.88 Å². The van der Waals surface area contributed by atoms with E-state index in [1.807, 2.05) is 11.3 Å². The molecule has 4 heteroatoms. The molecule has 0 amide bonds. The fourth-order valence-electron chi connectivity index (χ4n) is 3.58. The lowest BCUT2D eigenvalue weighted by atomic mass is 9.98. The van der Waals surface area contributed by atoms with Gasteiger partial charge < -0.3 is 5.32 Å². The van der Waals surface area contributed by atoms with Gasteiger partial charge in [0.15, 0.2) is 0 Å². The zero-order valence-corrected chi connectivity index (χ0v) is 14.0. The van der Waals surface area contributed by atoms with Gasteiger partial charge in [-0.1, -0.05) is 0 Å². The molecule has 3 rings (SSSR count). The van der Waals surface area contributed by atoms with Crippen molar-refractivity contribution in [2.24, 2.45) is 0 Å². The maximum Gasteiger partial charge on any atom is 0.115 e. The van der Waals surface area contributed by atoms with E-state index in [2.05, 4.69) is 37.9 Å². The van der Waals surface area contributed by atoms with Crippen molar-refractivity contribution in [3.63, 3.8) is 0 Å². The summed E-state index contributed by atoms with van der Waals surface area (Å²) in [6, 6.07) is 1.12. The molecule has 1 unspecified atom stereocenters. The summed E-state index contributed by atoms with van der Waals surface area (Å²) in [5.41, 5.74) is 1.48. The van der Waals surface area contributed by atoms with Crippen LogP contribution in [0.15, 0.2) is 0 Å². The first kappa shape index (κ1) is 14.5. The van der Waals surface area contributed by atoms with Crippen LogP contribution in [-0.2, 0) is 18.4 Å². The van der Waals surface area contributed by atoms with Crippen molar-refractivity contribution in [2.45, 2.75) is 71.0 Å². The van der Waals surface area contributed by atoms with Gasteiger partial charge in [0.05, 0.1) is 11.2 Å². The van der Waals surface area contributed by atoms with Crippen LogP contribution in [0.4, 0.5) is 0 Å². The largest absolute Gasteiger partial charge is 0.302 e. The van der Waals surface area contributed by atoms with E-state index in [1.165, 1.54) is 42.9 Å². The third-order valence-corrected chi connectivity index (χ3v) is 5.96. The van der Waals surface area contributed by atoms with E-state index >= 15 is 0 Å². The average Bonchev–Trinajstić information content (AvgIpc) is 2.99. The minimum Gasteiger partial charge on any atom is -0.302 e. The lowest BCUT2D eigenvalue weighted by Gasteiger charge is -2.32. The van der Waals surface area contributed by atoms with Crippen molar-refractivity contribution in [1.82, 2.24) is 15.2 Å². The molecule has 0 spiro atoms. The number of fused-ring (bicyclic) bond motifs is 1. The van der Waals surface area contributed by atoms with Crippen LogP contribution in [0.2, 0.25) is 0 Å². The Balaban J connectivity index is 1.89. The number of thiazole rings is 1. The minimum absolute atomic E-state index is 0.0907. The van der Waals surface area contributed by atoms with E-state index in [4.69, 9.17) is 4.98 Å². The Morgan fingerprint density at radius 3 is 2.65 bits per heavy atom. The molecule has 1 aliphatic carbocycles. The van der Waals surface area contributed by atoms with Crippen LogP contribution in [0.3, 0.4) is 0 Å². The average molecular weight is 293 g/mol. The van der Waals surface area contributed by atoms with Crippen molar-refractivity contribution in [3.05, 3.63) is 15.6 Å². The maximum atomic E-state index is 5.02. The molecule has 1 aromatic heterocycles. The summed E-state index contributed by atoms with van der Waals surface area (Å²) >= 11 is 1.97. The van der Waals surface area contributed by atoms with Gasteiger partial charge in [-0.3, -0.25) is 4.90 Å². The highest BCUT2D eigenvalue weighted by atomic mass is 32.1. The first-order valence-electron chi connectivity index (χ1n) is 8.01. The molecule has 2 heterocycles. The lowest BCUT2D eigenvalue weighted by Crippen LogP contribution is -2.48. The summed E-state index contributed by atoms with van der Waals surface area (Å²) < 4.78 is 0. The predicted molar refractivity (Wildman–Crippen MR) is 85.4 cm³/mol. The number of nitrogens with zero attached hydrogens (tertiary/aromatic N) is 2. The minimum atomic E-state index is 0.0907. The predicted octanol–water partition coefficient (Wildman–Crippen LogP) is 2.94. The Morgan fingerprint density at radius 2 is 2.05 bits per heavy atom. The summed E-state index contributed by atoms with van der Waals surface area (Å²) in [7, 11) is 0. The zero-order valence-electron chi connectivity index (χ0n) is 13.2. The molecule has 2 aliphatic rings. The zero-order chi connectivity index (χ0) is 14.3. The fraction of sp³-hybridized carbons (Fsp3) is 0.812. The lowest BCUT2D eigenvalue weighted by molar-refractivity contribution is 0.232. The number of nitrogens with one attached hydrogen (secondary N) is 1. The van der Waals surface area contributed by atoms with Crippen LogP contribution >= 0.6 is 11.3 Å². The van der Waals surface area contributed by atoms with E-state index in [9.17, 15) is 0 Å². The van der Waals surface area contributed by atoms with E-state index in [0.29, 0.717) is 12.1 Å². The van der Waals surface area contributed by atoms with Gasteiger partial charge in [-0.05, 0) is 53.4 Å². The van der Waals surface area contributed by atoms with Crippen LogP contribution in [0.25, 0.3) is 0 Å². The molecule has 20 heavy (non-hydrogen) atoms. The Labute approximate surface area is 126 Å². The molecular formula is C16H27N3S. The van der Waals surface area contributed by atoms with Crippen molar-refractivity contribution in [2.75, 3.05) is 13.1 Å². The molecular weight excluding hydrogens is 266 g/mol. The molecule has 112 valence electrons. The van der Waals surface area contributed by atoms with Crippen LogP contribution in [-0.4, -0.2) is 35.1 Å². The van der Waals surface area contributed by atoms with Crippen LogP contribution in [0.1, 0.15) is 56.1 Å². The second-order valence-corrected chi connectivity index (χ2v) is 8.02. The Bertz CT molecular complexity index is 459. The molecule has 0 radical (unpaired) electrons. The van der Waals surface area contributed by atoms with Gasteiger partial charge in [-0.2, -0.15) is 0 Å². The van der Waals surface area contributed by atoms with Crippen LogP contribution in [0, 0.1) is 0 Å². The van der Waals surface area contributed by atoms with Gasteiger partial charge in [0, 0.05) is 30.1 Å². The molecule has 0 aromatic carbocycles. The molecule has 1 N–H and O–H groups in total. The third-order valence-electron chi connectivity index (χ3n) is 4.60. The third kappa shape index (κ3) is 2.53. The topological polar surface area (TPSA) is 28.2 Å². The van der Waals surface area contributed by atoms with Crippen LogP contribution in [0.5, 0.6) is 0 Å². The normalized spacial score (nSPS) is 26.9. The highest BCUT2D eigenvalue weighted by Gasteiger charge is 2.43. The molecule has 0 bridgehead atoms. The summed E-state index contributed by atoms with van der Waals surface area (Å²) in [4.78, 5) is 9.16. The first-order valence-corrected chi connectivity index (χ1v) is 8.82. The monoisotopic (exact) mass is 293 g/mol. The van der Waals surface area contributed by atoms with Gasteiger partial charge in [0.25, 0.3) is 0 Å². The SMILES string of the molecule is CC(C)NC1(c2nc3c(s2)CCC3)CCN(C(C)C)C1. The standard InChI is InChI=1S/C16H27N3S/c1-11(2)18-16(8-9-19(10-16)12(3)4)15-17-13-6-5-7-14(13)20-15/h11-12,18H,5-10H2,1-4H3. The first-order chi connectivity index (χ1) is 9.50. The summed E-state index contributed by atoms with van der Waals surface area (Å²) in [6.07, 6.45) is 4.93. The molecule has 1 aromatic rings. The van der Waals surface area contributed by atoms with Gasteiger partial charge in [0.1, 0.15) is 5.01 Å². The van der Waals surface area contributed by atoms with Gasteiger partial charge >= 0.3 is 0 Å². The Hall–Kier alpha value is -0.450. The Morgan fingerprint density at radius 1 is 1.25 bits per heavy atom. The Kier molecular flexibility index (Phi) is 3.91. The number of aromatic nitrogens is 1. The van der Waals surface area contributed by atoms with E-state index in [0.717, 1.165) is 6.54 Å². The number of rotatable bonds is 4. The molecule has 1 saturated heterocycles. The van der Waals surface area contributed by atoms with Crippen molar-refractivity contribution in [3.8, 4) is 0 Å². The quantitative estimate of drug-likeness (QED) is 0.925. The second kappa shape index (κ2) is 5.39. The number of likely N-dealkylation sites (tertiary alicyclic amines) is 1. The second-order valence-electron chi connectivity index (χ2n) is 6.94. The summed E-state index contributed by atoms with van der Waals surface area (Å²) in [5, 5.41) is 5.20. The number of hydrogen-bond acceptors (Lipinski definition) is 4. The van der Waals surface area contributed by atoms with E-state index in [-0.39, 0.29) is 5.54 Å². The number of aryl methyl sites for hydroxylation is 2. The van der Waals surface area contributed by atoms with Crippen molar-refractivity contribution >= 4 is 11.3 Å². The summed E-state index contributed by atoms with van der Waals surface area (Å²) in [5.74, 6) is 0. The van der Waals surface area contributed by atoms with Gasteiger partial charge in [-0.15, -0.1) is 11.3 Å². The fourth-order valence-corrected chi connectivity index (χ4v) is 4.90. The van der Waals surface area contributed by atoms with Crippen molar-refractivity contribution < 1.29 is 0 Å². The molecule has 3 nitrogen and oxygen atoms in total. The van der Waals surface area contributed by atoms with Gasteiger partial charge in [0.2, 0.25) is 0 Å². The molecule has 1 atom stereocenters. The van der Waals surface area contributed by atoms with Gasteiger partial charge in [-0.25, -0.2) is 4.98 Å². The smallest absolute Gasteiger partial charge is 0.115 e. The molecule has 0 saturated carbocycles. The van der Waals surface area contributed by atoms with E-state index < -0.39 is 0 Å². The summed E-state index contributed by atoms with van der Waals surface area (Å²) in [6.45, 7) is 11.4.